The van der Waals surface area contributed by atoms with E-state index in [1.165, 1.54) is 0 Å². The smallest absolute Gasteiger partial charge is 0.340 e. The minimum absolute atomic E-state index is 0.00766. The normalized spacial score (nSPS) is 18.6. The first-order valence-corrected chi connectivity index (χ1v) is 10.5. The number of benzene rings is 1. The van der Waals surface area contributed by atoms with Gasteiger partial charge < -0.3 is 34.4 Å². The zero-order chi connectivity index (χ0) is 23.8. The predicted molar refractivity (Wildman–Crippen MR) is 115 cm³/mol. The first-order chi connectivity index (χ1) is 15.9. The van der Waals surface area contributed by atoms with Gasteiger partial charge in [-0.15, -0.1) is 0 Å². The summed E-state index contributed by atoms with van der Waals surface area (Å²) in [4.78, 5) is 40.0. The molecule has 33 heavy (non-hydrogen) atoms. The summed E-state index contributed by atoms with van der Waals surface area (Å²) in [5, 5.41) is 9.66. The third-order valence-corrected chi connectivity index (χ3v) is 5.62. The topological polar surface area (TPSA) is 142 Å². The predicted octanol–water partition coefficient (Wildman–Crippen LogP) is 0.927. The van der Waals surface area contributed by atoms with Crippen molar-refractivity contribution in [2.75, 3.05) is 31.2 Å². The summed E-state index contributed by atoms with van der Waals surface area (Å²) in [5.41, 5.74) is 5.36. The van der Waals surface area contributed by atoms with Crippen LogP contribution in [0.5, 0.6) is 5.75 Å². The summed E-state index contributed by atoms with van der Waals surface area (Å²) in [5.74, 6) is -1.69. The molecule has 0 saturated carbocycles. The summed E-state index contributed by atoms with van der Waals surface area (Å²) < 4.78 is 21.9. The van der Waals surface area contributed by atoms with Crippen LogP contribution >= 0.6 is 0 Å². The van der Waals surface area contributed by atoms with Crippen molar-refractivity contribution in [3.63, 3.8) is 0 Å². The molecule has 1 atom stereocenters. The number of carbonyl (C=O) groups excluding carboxylic acids is 2. The molecule has 1 aromatic carbocycles. The number of ether oxygens (including phenoxy) is 3. The molecule has 2 aliphatic heterocycles. The Morgan fingerprint density at radius 1 is 1.21 bits per heavy atom. The van der Waals surface area contributed by atoms with Gasteiger partial charge in [0.1, 0.15) is 29.9 Å². The van der Waals surface area contributed by atoms with Gasteiger partial charge in [0.05, 0.1) is 13.2 Å². The zero-order valence-corrected chi connectivity index (χ0v) is 18.3. The third kappa shape index (κ3) is 3.52. The Bertz CT molecular complexity index is 1200. The maximum atomic E-state index is 13.1. The second kappa shape index (κ2) is 8.62. The Labute approximate surface area is 189 Å². The lowest BCUT2D eigenvalue weighted by Crippen LogP contribution is -2.46. The molecule has 10 heteroatoms. The van der Waals surface area contributed by atoms with Gasteiger partial charge >= 0.3 is 11.9 Å². The van der Waals surface area contributed by atoms with Crippen molar-refractivity contribution < 1.29 is 33.3 Å². The SMILES string of the molecule is CCOC(=O)CN1CC2(C(C(=O)OCC)=C(N)Oc3c2oc(CO)cc3=O)c2ccccc21. The van der Waals surface area contributed by atoms with Crippen LogP contribution in [0, 0.1) is 0 Å². The molecule has 10 nitrogen and oxygen atoms in total. The highest BCUT2D eigenvalue weighted by atomic mass is 16.5. The van der Waals surface area contributed by atoms with Gasteiger partial charge in [0.2, 0.25) is 17.1 Å². The molecular weight excluding hydrogens is 432 g/mol. The van der Waals surface area contributed by atoms with Crippen LogP contribution in [0.4, 0.5) is 5.69 Å². The number of aliphatic hydroxyl groups excluding tert-OH is 1. The van der Waals surface area contributed by atoms with Crippen molar-refractivity contribution in [2.45, 2.75) is 25.9 Å². The number of fused-ring (bicyclic) bond motifs is 4. The van der Waals surface area contributed by atoms with Crippen LogP contribution in [0.2, 0.25) is 0 Å². The molecule has 0 fully saturated rings. The molecule has 1 aromatic heterocycles. The van der Waals surface area contributed by atoms with Crippen molar-refractivity contribution in [3.8, 4) is 5.75 Å². The molecule has 1 spiro atoms. The molecule has 0 aliphatic carbocycles. The van der Waals surface area contributed by atoms with Crippen LogP contribution in [-0.4, -0.2) is 43.3 Å². The molecule has 0 radical (unpaired) electrons. The highest BCUT2D eigenvalue weighted by Gasteiger charge is 2.57. The molecule has 3 heterocycles. The number of hydrogen-bond donors (Lipinski definition) is 2. The van der Waals surface area contributed by atoms with E-state index in [0.717, 1.165) is 6.07 Å². The average molecular weight is 456 g/mol. The fraction of sp³-hybridized carbons (Fsp3) is 0.348. The van der Waals surface area contributed by atoms with E-state index in [-0.39, 0.29) is 55.0 Å². The first kappa shape index (κ1) is 22.4. The van der Waals surface area contributed by atoms with Crippen LogP contribution < -0.4 is 20.8 Å². The largest absolute Gasteiger partial charge is 0.465 e. The lowest BCUT2D eigenvalue weighted by Gasteiger charge is -2.35. The number of aliphatic hydroxyl groups is 1. The number of esters is 2. The van der Waals surface area contributed by atoms with E-state index in [1.54, 1.807) is 43.0 Å². The van der Waals surface area contributed by atoms with Gasteiger partial charge in [0.15, 0.2) is 5.76 Å². The third-order valence-electron chi connectivity index (χ3n) is 5.62. The van der Waals surface area contributed by atoms with E-state index in [2.05, 4.69) is 0 Å². The number of hydrogen-bond acceptors (Lipinski definition) is 10. The van der Waals surface area contributed by atoms with Crippen molar-refractivity contribution in [1.82, 2.24) is 0 Å². The van der Waals surface area contributed by atoms with Crippen molar-refractivity contribution in [3.05, 3.63) is 69.1 Å². The Balaban J connectivity index is 2.01. The van der Waals surface area contributed by atoms with E-state index < -0.39 is 29.4 Å². The fourth-order valence-corrected chi connectivity index (χ4v) is 4.43. The van der Waals surface area contributed by atoms with Gasteiger partial charge in [-0.1, -0.05) is 18.2 Å². The molecular formula is C23H24N2O8. The van der Waals surface area contributed by atoms with Crippen LogP contribution in [0.1, 0.15) is 30.9 Å². The maximum Gasteiger partial charge on any atom is 0.340 e. The van der Waals surface area contributed by atoms with Crippen molar-refractivity contribution in [2.24, 2.45) is 5.73 Å². The minimum Gasteiger partial charge on any atom is -0.465 e. The number of nitrogens with zero attached hydrogens (tertiary/aromatic N) is 1. The Kier molecular flexibility index (Phi) is 5.86. The lowest BCUT2D eigenvalue weighted by atomic mass is 9.72. The average Bonchev–Trinajstić information content (AvgIpc) is 3.09. The minimum atomic E-state index is -1.42. The monoisotopic (exact) mass is 456 g/mol. The van der Waals surface area contributed by atoms with E-state index in [1.807, 2.05) is 0 Å². The summed E-state index contributed by atoms with van der Waals surface area (Å²) in [6.07, 6.45) is 0. The summed E-state index contributed by atoms with van der Waals surface area (Å²) in [6.45, 7) is 3.02. The lowest BCUT2D eigenvalue weighted by molar-refractivity contribution is -0.141. The Morgan fingerprint density at radius 3 is 2.64 bits per heavy atom. The van der Waals surface area contributed by atoms with E-state index in [9.17, 15) is 19.5 Å². The number of carbonyl (C=O) groups is 2. The molecule has 1 unspecified atom stereocenters. The van der Waals surface area contributed by atoms with Gasteiger partial charge in [0, 0.05) is 18.3 Å². The second-order valence-electron chi connectivity index (χ2n) is 7.54. The maximum absolute atomic E-state index is 13.1. The Hall–Kier alpha value is -3.79. The van der Waals surface area contributed by atoms with Crippen LogP contribution in [0.15, 0.2) is 51.0 Å². The molecule has 174 valence electrons. The zero-order valence-electron chi connectivity index (χ0n) is 18.3. The van der Waals surface area contributed by atoms with Crippen LogP contribution in [0.3, 0.4) is 0 Å². The number of nitrogens with two attached hydrogens (primary N) is 1. The molecule has 2 aliphatic rings. The van der Waals surface area contributed by atoms with Gasteiger partial charge in [-0.2, -0.15) is 0 Å². The quantitative estimate of drug-likeness (QED) is 0.603. The van der Waals surface area contributed by atoms with Gasteiger partial charge in [-0.3, -0.25) is 9.59 Å². The van der Waals surface area contributed by atoms with Crippen LogP contribution in [-0.2, 0) is 31.1 Å². The van der Waals surface area contributed by atoms with E-state index >= 15 is 0 Å². The van der Waals surface area contributed by atoms with Gasteiger partial charge in [0.25, 0.3) is 0 Å². The standard InChI is InChI=1S/C23H24N2O8/c1-3-30-17(28)10-25-12-23(14-7-5-6-8-15(14)25)18(22(29)31-4-2)21(24)33-19-16(27)9-13(11-26)32-20(19)23/h5-9,26H,3-4,10-12,24H2,1-2H3. The van der Waals surface area contributed by atoms with Gasteiger partial charge in [-0.05, 0) is 25.5 Å². The van der Waals surface area contributed by atoms with Crippen molar-refractivity contribution >= 4 is 17.6 Å². The summed E-state index contributed by atoms with van der Waals surface area (Å²) in [7, 11) is 0. The molecule has 0 saturated heterocycles. The molecule has 2 aromatic rings. The Morgan fingerprint density at radius 2 is 1.94 bits per heavy atom. The number of para-hydroxylation sites is 1. The highest BCUT2D eigenvalue weighted by Crippen LogP contribution is 2.54. The fourth-order valence-electron chi connectivity index (χ4n) is 4.43. The van der Waals surface area contributed by atoms with E-state index in [0.29, 0.717) is 11.3 Å². The summed E-state index contributed by atoms with van der Waals surface area (Å²) in [6, 6.07) is 8.19. The molecule has 0 amide bonds. The highest BCUT2D eigenvalue weighted by molar-refractivity contribution is 5.96. The summed E-state index contributed by atoms with van der Waals surface area (Å²) >= 11 is 0. The number of rotatable bonds is 6. The molecule has 0 bridgehead atoms. The van der Waals surface area contributed by atoms with Crippen molar-refractivity contribution in [1.29, 1.82) is 0 Å². The van der Waals surface area contributed by atoms with E-state index in [4.69, 9.17) is 24.4 Å². The second-order valence-corrected chi connectivity index (χ2v) is 7.54. The molecule has 3 N–H and O–H groups in total. The number of anilines is 1. The van der Waals surface area contributed by atoms with Crippen LogP contribution in [0.25, 0.3) is 0 Å². The first-order valence-electron chi connectivity index (χ1n) is 10.5. The molecule has 4 rings (SSSR count). The van der Waals surface area contributed by atoms with Gasteiger partial charge in [-0.25, -0.2) is 4.79 Å².